The van der Waals surface area contributed by atoms with Crippen LogP contribution in [-0.2, 0) is 9.59 Å². The van der Waals surface area contributed by atoms with Gasteiger partial charge in [-0.15, -0.1) is 0 Å². The molecule has 0 bridgehead atoms. The molecule has 0 heterocycles. The smallest absolute Gasteiger partial charge is 0.343 e. The summed E-state index contributed by atoms with van der Waals surface area (Å²) in [5.41, 5.74) is 3.84. The van der Waals surface area contributed by atoms with Gasteiger partial charge in [0.25, 0.3) is 5.91 Å². The molecule has 236 valence electrons. The Morgan fingerprint density at radius 2 is 1.59 bits per heavy atom. The van der Waals surface area contributed by atoms with Crippen LogP contribution >= 0.6 is 15.9 Å². The minimum absolute atomic E-state index is 0.146. The summed E-state index contributed by atoms with van der Waals surface area (Å²) in [6, 6.07) is 24.6. The van der Waals surface area contributed by atoms with Crippen molar-refractivity contribution in [2.45, 2.75) is 19.8 Å². The van der Waals surface area contributed by atoms with E-state index in [1.807, 2.05) is 0 Å². The van der Waals surface area contributed by atoms with Crippen molar-refractivity contribution in [3.05, 3.63) is 112 Å². The number of rotatable bonds is 12. The lowest BCUT2D eigenvalue weighted by molar-refractivity contribution is -0.136. The largest absolute Gasteiger partial charge is 0.494 e. The zero-order chi connectivity index (χ0) is 32.9. The van der Waals surface area contributed by atoms with Gasteiger partial charge in [0.1, 0.15) is 5.75 Å². The van der Waals surface area contributed by atoms with Crippen molar-refractivity contribution in [1.82, 2.24) is 5.43 Å². The van der Waals surface area contributed by atoms with E-state index >= 15 is 0 Å². The SMILES string of the molecule is CCCCOc1ccc(C(=O)Oc2ccc(/C=N\NC(=O)C(=O)Nc3ccccc3C(=O)Nc3ccc(Br)cc3)cc2OC)cc1. The molecule has 0 aliphatic carbocycles. The summed E-state index contributed by atoms with van der Waals surface area (Å²) in [5.74, 6) is -2.03. The molecule has 46 heavy (non-hydrogen) atoms. The Hall–Kier alpha value is -5.49. The van der Waals surface area contributed by atoms with Crippen LogP contribution in [-0.4, -0.2) is 43.6 Å². The minimum Gasteiger partial charge on any atom is -0.494 e. The van der Waals surface area contributed by atoms with Crippen LogP contribution in [0.1, 0.15) is 46.0 Å². The molecule has 3 amide bonds. The molecule has 0 spiro atoms. The number of carbonyl (C=O) groups is 4. The van der Waals surface area contributed by atoms with Crippen molar-refractivity contribution in [1.29, 1.82) is 0 Å². The molecule has 0 aromatic heterocycles. The minimum atomic E-state index is -1.06. The summed E-state index contributed by atoms with van der Waals surface area (Å²) >= 11 is 3.34. The molecule has 4 aromatic carbocycles. The van der Waals surface area contributed by atoms with Gasteiger partial charge in [-0.05, 0) is 90.8 Å². The maximum Gasteiger partial charge on any atom is 0.343 e. The molecule has 4 rings (SSSR count). The van der Waals surface area contributed by atoms with Gasteiger partial charge in [-0.2, -0.15) is 5.10 Å². The van der Waals surface area contributed by atoms with E-state index < -0.39 is 23.7 Å². The number of ether oxygens (including phenoxy) is 3. The Morgan fingerprint density at radius 1 is 0.848 bits per heavy atom. The van der Waals surface area contributed by atoms with Crippen LogP contribution in [0.2, 0.25) is 0 Å². The molecule has 11 nitrogen and oxygen atoms in total. The van der Waals surface area contributed by atoms with E-state index in [1.54, 1.807) is 72.8 Å². The van der Waals surface area contributed by atoms with Gasteiger partial charge >= 0.3 is 17.8 Å². The van der Waals surface area contributed by atoms with Crippen molar-refractivity contribution < 1.29 is 33.4 Å². The summed E-state index contributed by atoms with van der Waals surface area (Å²) in [6.07, 6.45) is 3.25. The summed E-state index contributed by atoms with van der Waals surface area (Å²) in [5, 5.41) is 9.01. The average Bonchev–Trinajstić information content (AvgIpc) is 3.07. The topological polar surface area (TPSA) is 144 Å². The lowest BCUT2D eigenvalue weighted by Crippen LogP contribution is -2.33. The molecule has 0 saturated heterocycles. The number of benzene rings is 4. The van der Waals surface area contributed by atoms with Crippen molar-refractivity contribution in [3.63, 3.8) is 0 Å². The highest BCUT2D eigenvalue weighted by atomic mass is 79.9. The van der Waals surface area contributed by atoms with E-state index in [-0.39, 0.29) is 22.7 Å². The Bertz CT molecular complexity index is 1720. The van der Waals surface area contributed by atoms with E-state index in [9.17, 15) is 19.2 Å². The maximum absolute atomic E-state index is 12.8. The van der Waals surface area contributed by atoms with Crippen LogP contribution in [0.5, 0.6) is 17.2 Å². The summed E-state index contributed by atoms with van der Waals surface area (Å²) < 4.78 is 17.3. The summed E-state index contributed by atoms with van der Waals surface area (Å²) in [4.78, 5) is 50.5. The van der Waals surface area contributed by atoms with Crippen molar-refractivity contribution in [2.75, 3.05) is 24.4 Å². The normalized spacial score (nSPS) is 10.6. The number of para-hydroxylation sites is 1. The number of hydrazone groups is 1. The van der Waals surface area contributed by atoms with E-state index in [1.165, 1.54) is 31.5 Å². The highest BCUT2D eigenvalue weighted by Crippen LogP contribution is 2.29. The third-order valence-corrected chi connectivity index (χ3v) is 6.88. The number of nitrogens with one attached hydrogen (secondary N) is 3. The Labute approximate surface area is 274 Å². The van der Waals surface area contributed by atoms with E-state index in [0.717, 1.165) is 17.3 Å². The van der Waals surface area contributed by atoms with Crippen LogP contribution in [0.25, 0.3) is 0 Å². The van der Waals surface area contributed by atoms with E-state index in [4.69, 9.17) is 14.2 Å². The molecule has 0 radical (unpaired) electrons. The first kappa shape index (κ1) is 33.4. The predicted molar refractivity (Wildman–Crippen MR) is 178 cm³/mol. The first-order valence-electron chi connectivity index (χ1n) is 14.2. The Balaban J connectivity index is 1.32. The van der Waals surface area contributed by atoms with Crippen LogP contribution in [0, 0.1) is 0 Å². The zero-order valence-electron chi connectivity index (χ0n) is 25.0. The molecular weight excluding hydrogens is 656 g/mol. The number of amides is 3. The first-order valence-corrected chi connectivity index (χ1v) is 15.0. The van der Waals surface area contributed by atoms with Crippen molar-refractivity contribution >= 4 is 57.2 Å². The third kappa shape index (κ3) is 9.50. The second-order valence-corrected chi connectivity index (χ2v) is 10.6. The van der Waals surface area contributed by atoms with Gasteiger partial charge in [-0.25, -0.2) is 10.2 Å². The fourth-order valence-corrected chi connectivity index (χ4v) is 4.21. The number of unbranched alkanes of at least 4 members (excludes halogenated alkanes) is 1. The summed E-state index contributed by atoms with van der Waals surface area (Å²) in [7, 11) is 1.42. The van der Waals surface area contributed by atoms with Crippen LogP contribution < -0.4 is 30.3 Å². The average molecular weight is 688 g/mol. The quantitative estimate of drug-likeness (QED) is 0.0402. The standard InChI is InChI=1S/C34H31BrN4O7/c1-3-4-19-45-26-16-10-23(11-17-26)34(43)46-29-18-9-22(20-30(29)44-2)21-36-39-33(42)32(41)38-28-8-6-5-7-27(28)31(40)37-25-14-12-24(35)13-15-25/h5-18,20-21H,3-4,19H2,1-2H3,(H,37,40)(H,38,41)(H,39,42)/b36-21-. The van der Waals surface area contributed by atoms with Crippen LogP contribution in [0.15, 0.2) is 101 Å². The highest BCUT2D eigenvalue weighted by molar-refractivity contribution is 9.10. The highest BCUT2D eigenvalue weighted by Gasteiger charge is 2.18. The lowest BCUT2D eigenvalue weighted by Gasteiger charge is -2.11. The fourth-order valence-electron chi connectivity index (χ4n) is 3.95. The molecule has 3 N–H and O–H groups in total. The van der Waals surface area contributed by atoms with Gasteiger partial charge in [0, 0.05) is 10.2 Å². The number of halogens is 1. The lowest BCUT2D eigenvalue weighted by atomic mass is 10.1. The fraction of sp³-hybridized carbons (Fsp3) is 0.147. The first-order chi connectivity index (χ1) is 22.3. The molecular formula is C34H31BrN4O7. The Kier molecular flexibility index (Phi) is 12.0. The van der Waals surface area contributed by atoms with Crippen LogP contribution in [0.4, 0.5) is 11.4 Å². The van der Waals surface area contributed by atoms with E-state index in [0.29, 0.717) is 29.2 Å². The zero-order valence-corrected chi connectivity index (χ0v) is 26.6. The second kappa shape index (κ2) is 16.5. The van der Waals surface area contributed by atoms with Gasteiger partial charge in [0.15, 0.2) is 11.5 Å². The number of nitrogens with zero attached hydrogens (tertiary/aromatic N) is 1. The number of hydrogen-bond donors (Lipinski definition) is 3. The van der Waals surface area contributed by atoms with Crippen molar-refractivity contribution in [3.8, 4) is 17.2 Å². The molecule has 4 aromatic rings. The van der Waals surface area contributed by atoms with E-state index in [2.05, 4.69) is 44.0 Å². The number of methoxy groups -OCH3 is 1. The van der Waals surface area contributed by atoms with Crippen LogP contribution in [0.3, 0.4) is 0 Å². The summed E-state index contributed by atoms with van der Waals surface area (Å²) in [6.45, 7) is 2.68. The Morgan fingerprint density at radius 3 is 2.30 bits per heavy atom. The molecule has 0 fully saturated rings. The molecule has 12 heteroatoms. The number of carbonyl (C=O) groups excluding carboxylic acids is 4. The van der Waals surface area contributed by atoms with Gasteiger partial charge in [-0.3, -0.25) is 14.4 Å². The molecule has 0 atom stereocenters. The monoisotopic (exact) mass is 686 g/mol. The number of esters is 1. The molecule has 0 unspecified atom stereocenters. The molecule has 0 saturated carbocycles. The number of hydrogen-bond acceptors (Lipinski definition) is 8. The second-order valence-electron chi connectivity index (χ2n) is 9.69. The predicted octanol–water partition coefficient (Wildman–Crippen LogP) is 6.20. The maximum atomic E-state index is 12.8. The molecule has 0 aliphatic heterocycles. The van der Waals surface area contributed by atoms with Gasteiger partial charge < -0.3 is 24.8 Å². The third-order valence-electron chi connectivity index (χ3n) is 6.35. The molecule has 0 aliphatic rings. The van der Waals surface area contributed by atoms with Gasteiger partial charge in [0.2, 0.25) is 0 Å². The van der Waals surface area contributed by atoms with Gasteiger partial charge in [0.05, 0.1) is 36.7 Å². The van der Waals surface area contributed by atoms with Gasteiger partial charge in [-0.1, -0.05) is 41.4 Å². The van der Waals surface area contributed by atoms with Crippen molar-refractivity contribution in [2.24, 2.45) is 5.10 Å². The number of anilines is 2.